The third-order valence-corrected chi connectivity index (χ3v) is 6.48. The van der Waals surface area contributed by atoms with Crippen LogP contribution in [-0.2, 0) is 17.9 Å². The summed E-state index contributed by atoms with van der Waals surface area (Å²) in [6.07, 6.45) is 1.63. The molecule has 0 N–H and O–H groups in total. The van der Waals surface area contributed by atoms with Gasteiger partial charge in [0, 0.05) is 0 Å². The summed E-state index contributed by atoms with van der Waals surface area (Å²) >= 11 is 13.7. The molecule has 0 atom stereocenters. The fourth-order valence-corrected chi connectivity index (χ4v) is 4.73. The first-order valence-corrected chi connectivity index (χ1v) is 11.5. The largest absolute Gasteiger partial charge is 0.486 e. The molecule has 4 rings (SSSR count). The number of hydrogen-bond donors (Lipinski definition) is 0. The number of imide groups is 1. The summed E-state index contributed by atoms with van der Waals surface area (Å²) in [5.74, 6) is 0.0434. The van der Waals surface area contributed by atoms with Gasteiger partial charge in [-0.2, -0.15) is 0 Å². The molecule has 0 aromatic heterocycles. The van der Waals surface area contributed by atoms with Crippen molar-refractivity contribution in [3.8, 4) is 5.75 Å². The van der Waals surface area contributed by atoms with E-state index in [4.69, 9.17) is 27.9 Å². The topological polar surface area (TPSA) is 46.6 Å². The number of carbonyl (C=O) groups excluding carboxylic acids is 2. The van der Waals surface area contributed by atoms with E-state index < -0.39 is 0 Å². The van der Waals surface area contributed by atoms with Crippen LogP contribution in [0.3, 0.4) is 0 Å². The van der Waals surface area contributed by atoms with Gasteiger partial charge in [0.2, 0.25) is 0 Å². The summed E-state index contributed by atoms with van der Waals surface area (Å²) < 4.78 is 5.79. The second-order valence-electron chi connectivity index (χ2n) is 7.28. The van der Waals surface area contributed by atoms with Crippen LogP contribution in [0.1, 0.15) is 22.3 Å². The molecule has 162 valence electrons. The van der Waals surface area contributed by atoms with E-state index in [1.165, 1.54) is 4.90 Å². The van der Waals surface area contributed by atoms with Crippen LogP contribution in [0.5, 0.6) is 5.75 Å². The van der Waals surface area contributed by atoms with Crippen molar-refractivity contribution in [2.45, 2.75) is 20.1 Å². The lowest BCUT2D eigenvalue weighted by Crippen LogP contribution is -2.27. The number of hydrogen-bond acceptors (Lipinski definition) is 4. The van der Waals surface area contributed by atoms with Gasteiger partial charge in [-0.3, -0.25) is 14.5 Å². The predicted octanol–water partition coefficient (Wildman–Crippen LogP) is 7.12. The number of benzene rings is 3. The van der Waals surface area contributed by atoms with Gasteiger partial charge in [0.25, 0.3) is 11.1 Å². The molecule has 0 radical (unpaired) electrons. The maximum Gasteiger partial charge on any atom is 0.293 e. The lowest BCUT2D eigenvalue weighted by atomic mass is 10.1. The number of thioether (sulfide) groups is 1. The van der Waals surface area contributed by atoms with Crippen LogP contribution >= 0.6 is 35.0 Å². The molecule has 0 saturated carbocycles. The molecule has 7 heteroatoms. The van der Waals surface area contributed by atoms with Gasteiger partial charge in [0.05, 0.1) is 21.5 Å². The average molecular weight is 484 g/mol. The monoisotopic (exact) mass is 483 g/mol. The van der Waals surface area contributed by atoms with E-state index in [9.17, 15) is 9.59 Å². The molecule has 4 nitrogen and oxygen atoms in total. The van der Waals surface area contributed by atoms with Crippen LogP contribution in [0.4, 0.5) is 4.79 Å². The highest BCUT2D eigenvalue weighted by Crippen LogP contribution is 2.38. The molecule has 1 aliphatic rings. The Hall–Kier alpha value is -2.73. The first-order chi connectivity index (χ1) is 15.4. The van der Waals surface area contributed by atoms with Crippen LogP contribution in [0, 0.1) is 6.92 Å². The van der Waals surface area contributed by atoms with Gasteiger partial charge in [-0.1, -0.05) is 77.8 Å². The highest BCUT2D eigenvalue weighted by atomic mass is 35.5. The summed E-state index contributed by atoms with van der Waals surface area (Å²) in [4.78, 5) is 26.9. The summed E-state index contributed by atoms with van der Waals surface area (Å²) in [5, 5.41) is 0.363. The molecule has 1 fully saturated rings. The van der Waals surface area contributed by atoms with E-state index in [-0.39, 0.29) is 17.7 Å². The number of halogens is 2. The Labute approximate surface area is 200 Å². The molecular formula is C25H19Cl2NO3S. The predicted molar refractivity (Wildman–Crippen MR) is 130 cm³/mol. The van der Waals surface area contributed by atoms with Gasteiger partial charge < -0.3 is 4.74 Å². The Bertz CT molecular complexity index is 1190. The Balaban J connectivity index is 1.51. The van der Waals surface area contributed by atoms with Crippen molar-refractivity contribution in [1.29, 1.82) is 0 Å². The summed E-state index contributed by atoms with van der Waals surface area (Å²) in [7, 11) is 0. The normalized spacial score (nSPS) is 15.0. The van der Waals surface area contributed by atoms with Crippen LogP contribution in [0.25, 0.3) is 6.08 Å². The van der Waals surface area contributed by atoms with Crippen molar-refractivity contribution in [3.63, 3.8) is 0 Å². The van der Waals surface area contributed by atoms with E-state index in [2.05, 4.69) is 0 Å². The minimum absolute atomic E-state index is 0.239. The second-order valence-corrected chi connectivity index (χ2v) is 9.09. The first-order valence-electron chi connectivity index (χ1n) is 9.88. The molecule has 2 amide bonds. The fraction of sp³-hybridized carbons (Fsp3) is 0.120. The molecule has 3 aromatic rings. The zero-order chi connectivity index (χ0) is 22.7. The number of ether oxygens (including phenoxy) is 1. The smallest absolute Gasteiger partial charge is 0.293 e. The lowest BCUT2D eigenvalue weighted by molar-refractivity contribution is -0.123. The minimum Gasteiger partial charge on any atom is -0.486 e. The molecule has 3 aromatic carbocycles. The zero-order valence-corrected chi connectivity index (χ0v) is 19.5. The van der Waals surface area contributed by atoms with Crippen molar-refractivity contribution in [2.24, 2.45) is 0 Å². The van der Waals surface area contributed by atoms with Crippen molar-refractivity contribution in [2.75, 3.05) is 0 Å². The molecule has 1 heterocycles. The minimum atomic E-state index is -0.333. The van der Waals surface area contributed by atoms with Crippen LogP contribution < -0.4 is 4.74 Å². The van der Waals surface area contributed by atoms with Gasteiger partial charge in [-0.15, -0.1) is 0 Å². The summed E-state index contributed by atoms with van der Waals surface area (Å²) in [5.41, 5.74) is 3.57. The lowest BCUT2D eigenvalue weighted by Gasteiger charge is -2.14. The first kappa shape index (κ1) is 22.5. The van der Waals surface area contributed by atoms with Crippen molar-refractivity contribution >= 4 is 52.2 Å². The second kappa shape index (κ2) is 9.82. The molecule has 0 spiro atoms. The van der Waals surface area contributed by atoms with Gasteiger partial charge in [-0.05, 0) is 59.1 Å². The van der Waals surface area contributed by atoms with E-state index in [1.54, 1.807) is 18.2 Å². The fourth-order valence-electron chi connectivity index (χ4n) is 3.28. The van der Waals surface area contributed by atoms with E-state index in [0.29, 0.717) is 32.9 Å². The van der Waals surface area contributed by atoms with Crippen LogP contribution in [-0.4, -0.2) is 16.0 Å². The van der Waals surface area contributed by atoms with Gasteiger partial charge in [-0.25, -0.2) is 0 Å². The summed E-state index contributed by atoms with van der Waals surface area (Å²) in [6.45, 7) is 2.52. The highest BCUT2D eigenvalue weighted by molar-refractivity contribution is 8.18. The van der Waals surface area contributed by atoms with Gasteiger partial charge in [0.1, 0.15) is 6.61 Å². The average Bonchev–Trinajstić information content (AvgIpc) is 3.02. The van der Waals surface area contributed by atoms with Crippen molar-refractivity contribution in [1.82, 2.24) is 4.90 Å². The van der Waals surface area contributed by atoms with E-state index in [1.807, 2.05) is 61.5 Å². The molecule has 1 saturated heterocycles. The third-order valence-electron chi connectivity index (χ3n) is 5.01. The number of nitrogens with zero attached hydrogens (tertiary/aromatic N) is 1. The zero-order valence-electron chi connectivity index (χ0n) is 17.2. The van der Waals surface area contributed by atoms with Crippen LogP contribution in [0.2, 0.25) is 10.0 Å². The third kappa shape index (κ3) is 5.01. The number of rotatable bonds is 6. The SMILES string of the molecule is Cc1ccccc1CN1C(=O)S/C(=C\c2cc(Cl)c(OCc3ccccc3)c(Cl)c2)C1=O. The van der Waals surface area contributed by atoms with E-state index in [0.717, 1.165) is 28.5 Å². The van der Waals surface area contributed by atoms with Gasteiger partial charge >= 0.3 is 0 Å². The Kier molecular flexibility index (Phi) is 6.89. The molecule has 0 unspecified atom stereocenters. The van der Waals surface area contributed by atoms with Gasteiger partial charge in [0.15, 0.2) is 5.75 Å². The standard InChI is InChI=1S/C25H19Cl2NO3S/c1-16-7-5-6-10-19(16)14-28-24(29)22(32-25(28)30)13-18-11-20(26)23(21(27)12-18)31-15-17-8-3-2-4-9-17/h2-13H,14-15H2,1H3/b22-13-. The molecule has 0 aliphatic carbocycles. The van der Waals surface area contributed by atoms with Crippen molar-refractivity contribution in [3.05, 3.63) is 104 Å². The molecule has 0 bridgehead atoms. The molecular weight excluding hydrogens is 465 g/mol. The maximum absolute atomic E-state index is 12.9. The number of amides is 2. The quantitative estimate of drug-likeness (QED) is 0.350. The molecule has 1 aliphatic heterocycles. The van der Waals surface area contributed by atoms with Crippen molar-refractivity contribution < 1.29 is 14.3 Å². The Morgan fingerprint density at radius 2 is 1.62 bits per heavy atom. The van der Waals surface area contributed by atoms with E-state index >= 15 is 0 Å². The number of carbonyl (C=O) groups is 2. The molecule has 32 heavy (non-hydrogen) atoms. The number of aryl methyl sites for hydroxylation is 1. The maximum atomic E-state index is 12.9. The highest BCUT2D eigenvalue weighted by Gasteiger charge is 2.35. The summed E-state index contributed by atoms with van der Waals surface area (Å²) in [6, 6.07) is 20.7. The van der Waals surface area contributed by atoms with Crippen LogP contribution in [0.15, 0.2) is 71.6 Å². The Morgan fingerprint density at radius 3 is 2.31 bits per heavy atom. The Morgan fingerprint density at radius 1 is 0.969 bits per heavy atom.